The molecule has 2 rings (SSSR count). The van der Waals surface area contributed by atoms with Crippen LogP contribution >= 0.6 is 0 Å². The van der Waals surface area contributed by atoms with Crippen molar-refractivity contribution < 1.29 is 0 Å². The Morgan fingerprint density at radius 3 is 3.00 bits per heavy atom. The molecule has 0 saturated heterocycles. The van der Waals surface area contributed by atoms with Crippen molar-refractivity contribution in [3.8, 4) is 6.07 Å². The second-order valence-corrected chi connectivity index (χ2v) is 4.20. The summed E-state index contributed by atoms with van der Waals surface area (Å²) in [5, 5.41) is 8.66. The largest absolute Gasteiger partial charge is 0.396 e. The maximum Gasteiger partial charge on any atom is 0.152 e. The minimum absolute atomic E-state index is 0.519. The van der Waals surface area contributed by atoms with Crippen LogP contribution in [0, 0.1) is 18.3 Å². The fourth-order valence-electron chi connectivity index (χ4n) is 1.80. The molecule has 0 unspecified atom stereocenters. The third-order valence-electron chi connectivity index (χ3n) is 2.91. The molecule has 16 heavy (non-hydrogen) atoms. The summed E-state index contributed by atoms with van der Waals surface area (Å²) in [6, 6.07) is 4.62. The van der Waals surface area contributed by atoms with Gasteiger partial charge in [0.2, 0.25) is 0 Å². The van der Waals surface area contributed by atoms with Crippen molar-refractivity contribution >= 4 is 11.5 Å². The highest BCUT2D eigenvalue weighted by atomic mass is 15.2. The second kappa shape index (κ2) is 4.40. The third kappa shape index (κ3) is 2.08. The van der Waals surface area contributed by atoms with Gasteiger partial charge in [-0.15, -0.1) is 0 Å². The van der Waals surface area contributed by atoms with Crippen LogP contribution in [0.25, 0.3) is 0 Å². The molecule has 0 aromatic carbocycles. The van der Waals surface area contributed by atoms with Crippen LogP contribution in [0.1, 0.15) is 24.8 Å². The number of hydrogen-bond acceptors (Lipinski definition) is 4. The molecule has 1 aliphatic carbocycles. The quantitative estimate of drug-likeness (QED) is 0.834. The monoisotopic (exact) mass is 216 g/mol. The first kappa shape index (κ1) is 10.7. The topological polar surface area (TPSA) is 65.9 Å². The molecule has 1 aliphatic rings. The summed E-state index contributed by atoms with van der Waals surface area (Å²) in [5.41, 5.74) is 7.83. The van der Waals surface area contributed by atoms with Gasteiger partial charge in [0, 0.05) is 18.8 Å². The van der Waals surface area contributed by atoms with Gasteiger partial charge in [-0.1, -0.05) is 0 Å². The Balaban J connectivity index is 2.24. The molecule has 84 valence electrons. The lowest BCUT2D eigenvalue weighted by Gasteiger charge is -2.24. The molecule has 1 aromatic rings. The van der Waals surface area contributed by atoms with Crippen LogP contribution in [-0.2, 0) is 0 Å². The average Bonchev–Trinajstić information content (AvgIpc) is 3.08. The van der Waals surface area contributed by atoms with Gasteiger partial charge in [0.15, 0.2) is 5.82 Å². The summed E-state index contributed by atoms with van der Waals surface area (Å²) < 4.78 is 0. The van der Waals surface area contributed by atoms with Crippen LogP contribution in [0.5, 0.6) is 0 Å². The molecule has 4 nitrogen and oxygen atoms in total. The van der Waals surface area contributed by atoms with Crippen LogP contribution in [0.4, 0.5) is 11.5 Å². The lowest BCUT2D eigenvalue weighted by atomic mass is 10.2. The number of anilines is 2. The fraction of sp³-hybridized carbons (Fsp3) is 0.500. The van der Waals surface area contributed by atoms with Crippen molar-refractivity contribution in [3.05, 3.63) is 17.8 Å². The zero-order valence-electron chi connectivity index (χ0n) is 9.48. The van der Waals surface area contributed by atoms with Crippen LogP contribution in [-0.4, -0.2) is 17.6 Å². The Morgan fingerprint density at radius 2 is 2.38 bits per heavy atom. The highest BCUT2D eigenvalue weighted by molar-refractivity contribution is 5.67. The van der Waals surface area contributed by atoms with Gasteiger partial charge in [0.1, 0.15) is 0 Å². The zero-order valence-corrected chi connectivity index (χ0v) is 9.48. The Kier molecular flexibility index (Phi) is 2.95. The number of rotatable bonds is 4. The van der Waals surface area contributed by atoms with E-state index in [0.29, 0.717) is 12.5 Å². The highest BCUT2D eigenvalue weighted by Gasteiger charge is 2.30. The van der Waals surface area contributed by atoms with Crippen molar-refractivity contribution in [3.63, 3.8) is 0 Å². The minimum atomic E-state index is 0.519. The Labute approximate surface area is 95.7 Å². The SMILES string of the molecule is Cc1ccnc(N(CCC#N)C2CC2)c1N. The predicted molar refractivity (Wildman–Crippen MR) is 64.0 cm³/mol. The lowest BCUT2D eigenvalue weighted by molar-refractivity contribution is 0.779. The molecular weight excluding hydrogens is 200 g/mol. The minimum Gasteiger partial charge on any atom is -0.396 e. The van der Waals surface area contributed by atoms with E-state index in [-0.39, 0.29) is 0 Å². The molecule has 0 atom stereocenters. The molecule has 1 fully saturated rings. The van der Waals surface area contributed by atoms with E-state index in [1.807, 2.05) is 13.0 Å². The van der Waals surface area contributed by atoms with Crippen LogP contribution < -0.4 is 10.6 Å². The highest BCUT2D eigenvalue weighted by Crippen LogP contribution is 2.34. The van der Waals surface area contributed by atoms with E-state index in [9.17, 15) is 0 Å². The second-order valence-electron chi connectivity index (χ2n) is 4.20. The summed E-state index contributed by atoms with van der Waals surface area (Å²) in [5.74, 6) is 0.845. The molecule has 1 heterocycles. The van der Waals surface area contributed by atoms with E-state index in [2.05, 4.69) is 16.0 Å². The third-order valence-corrected chi connectivity index (χ3v) is 2.91. The van der Waals surface area contributed by atoms with Gasteiger partial charge in [-0.2, -0.15) is 5.26 Å². The van der Waals surface area contributed by atoms with Crippen LogP contribution in [0.15, 0.2) is 12.3 Å². The number of aromatic nitrogens is 1. The van der Waals surface area contributed by atoms with Crippen molar-refractivity contribution in [2.24, 2.45) is 0 Å². The van der Waals surface area contributed by atoms with E-state index in [0.717, 1.165) is 23.6 Å². The lowest BCUT2D eigenvalue weighted by Crippen LogP contribution is -2.28. The average molecular weight is 216 g/mol. The fourth-order valence-corrected chi connectivity index (χ4v) is 1.80. The van der Waals surface area contributed by atoms with Gasteiger partial charge in [0.05, 0.1) is 18.2 Å². The first-order chi connectivity index (χ1) is 7.74. The summed E-state index contributed by atoms with van der Waals surface area (Å²) in [4.78, 5) is 6.52. The summed E-state index contributed by atoms with van der Waals surface area (Å²) >= 11 is 0. The number of nitrogen functional groups attached to an aromatic ring is 1. The van der Waals surface area contributed by atoms with E-state index in [1.54, 1.807) is 6.20 Å². The first-order valence-corrected chi connectivity index (χ1v) is 5.58. The molecule has 0 amide bonds. The Morgan fingerprint density at radius 1 is 1.62 bits per heavy atom. The summed E-state index contributed by atoms with van der Waals surface area (Å²) in [7, 11) is 0. The molecule has 0 radical (unpaired) electrons. The first-order valence-electron chi connectivity index (χ1n) is 5.58. The number of nitrogens with two attached hydrogens (primary N) is 1. The van der Waals surface area contributed by atoms with Crippen molar-refractivity contribution in [1.82, 2.24) is 4.98 Å². The summed E-state index contributed by atoms with van der Waals surface area (Å²) in [6.45, 7) is 2.71. The number of nitriles is 1. The molecule has 1 saturated carbocycles. The van der Waals surface area contributed by atoms with Gasteiger partial charge in [-0.25, -0.2) is 4.98 Å². The van der Waals surface area contributed by atoms with E-state index in [4.69, 9.17) is 11.0 Å². The number of nitrogens with zero attached hydrogens (tertiary/aromatic N) is 3. The molecule has 2 N–H and O–H groups in total. The predicted octanol–water partition coefficient (Wildman–Crippen LogP) is 1.85. The molecule has 1 aromatic heterocycles. The van der Waals surface area contributed by atoms with Gasteiger partial charge < -0.3 is 10.6 Å². The molecule has 0 bridgehead atoms. The van der Waals surface area contributed by atoms with Gasteiger partial charge in [-0.05, 0) is 31.4 Å². The maximum atomic E-state index is 8.66. The van der Waals surface area contributed by atoms with E-state index >= 15 is 0 Å². The van der Waals surface area contributed by atoms with Crippen LogP contribution in [0.3, 0.4) is 0 Å². The standard InChI is InChI=1S/C12H16N4/c1-9-5-7-15-12(11(9)14)16(8-2-6-13)10-3-4-10/h5,7,10H,2-4,8,14H2,1H3. The van der Waals surface area contributed by atoms with E-state index in [1.165, 1.54) is 12.8 Å². The normalized spacial score (nSPS) is 14.5. The number of hydrogen-bond donors (Lipinski definition) is 1. The summed E-state index contributed by atoms with van der Waals surface area (Å²) in [6.07, 6.45) is 4.66. The number of pyridine rings is 1. The van der Waals surface area contributed by atoms with E-state index < -0.39 is 0 Å². The van der Waals surface area contributed by atoms with Crippen molar-refractivity contribution in [1.29, 1.82) is 5.26 Å². The van der Waals surface area contributed by atoms with Crippen molar-refractivity contribution in [2.75, 3.05) is 17.2 Å². The van der Waals surface area contributed by atoms with Crippen LogP contribution in [0.2, 0.25) is 0 Å². The Bertz CT molecular complexity index is 418. The molecular formula is C12H16N4. The molecule has 4 heteroatoms. The zero-order chi connectivity index (χ0) is 11.5. The number of aryl methyl sites for hydroxylation is 1. The van der Waals surface area contributed by atoms with Gasteiger partial charge >= 0.3 is 0 Å². The van der Waals surface area contributed by atoms with Crippen molar-refractivity contribution in [2.45, 2.75) is 32.2 Å². The Hall–Kier alpha value is -1.76. The van der Waals surface area contributed by atoms with Gasteiger partial charge in [0.25, 0.3) is 0 Å². The smallest absolute Gasteiger partial charge is 0.152 e. The maximum absolute atomic E-state index is 8.66. The van der Waals surface area contributed by atoms with Gasteiger partial charge in [-0.3, -0.25) is 0 Å². The molecule has 0 aliphatic heterocycles. The molecule has 0 spiro atoms.